The van der Waals surface area contributed by atoms with Gasteiger partial charge in [-0.3, -0.25) is 4.90 Å². The van der Waals surface area contributed by atoms with Crippen LogP contribution in [0.15, 0.2) is 16.5 Å². The van der Waals surface area contributed by atoms with Crippen LogP contribution in [-0.4, -0.2) is 29.1 Å². The molecule has 1 N–H and O–H groups in total. The lowest BCUT2D eigenvalue weighted by Gasteiger charge is -2.26. The van der Waals surface area contributed by atoms with Gasteiger partial charge in [0.2, 0.25) is 5.76 Å². The first-order valence-electron chi connectivity index (χ1n) is 7.54. The fourth-order valence-electron chi connectivity index (χ4n) is 3.23. The maximum atomic E-state index is 11.2. The maximum absolute atomic E-state index is 11.2. The topological polar surface area (TPSA) is 53.7 Å². The van der Waals surface area contributed by atoms with E-state index in [0.29, 0.717) is 5.58 Å². The van der Waals surface area contributed by atoms with Gasteiger partial charge in [0.25, 0.3) is 0 Å². The van der Waals surface area contributed by atoms with Crippen molar-refractivity contribution < 1.29 is 14.3 Å². The van der Waals surface area contributed by atoms with Gasteiger partial charge in [0.1, 0.15) is 5.58 Å². The van der Waals surface area contributed by atoms with Gasteiger partial charge in [-0.1, -0.05) is 12.5 Å². The van der Waals surface area contributed by atoms with Crippen molar-refractivity contribution >= 4 is 16.9 Å². The molecule has 3 rings (SSSR count). The summed E-state index contributed by atoms with van der Waals surface area (Å²) in [6, 6.07) is 4.20. The maximum Gasteiger partial charge on any atom is 0.372 e. The van der Waals surface area contributed by atoms with Crippen LogP contribution >= 0.6 is 0 Å². The molecule has 0 atom stereocenters. The normalized spacial score (nSPS) is 16.5. The number of likely N-dealkylation sites (tertiary alicyclic amines) is 1. The van der Waals surface area contributed by atoms with Crippen LogP contribution in [0, 0.1) is 13.8 Å². The summed E-state index contributed by atoms with van der Waals surface area (Å²) in [5.74, 6) is -0.941. The van der Waals surface area contributed by atoms with E-state index in [2.05, 4.69) is 17.0 Å². The third-order valence-electron chi connectivity index (χ3n) is 4.33. The van der Waals surface area contributed by atoms with Crippen molar-refractivity contribution in [1.29, 1.82) is 0 Å². The van der Waals surface area contributed by atoms with Gasteiger partial charge in [0.15, 0.2) is 0 Å². The first-order valence-corrected chi connectivity index (χ1v) is 7.54. The zero-order valence-electron chi connectivity index (χ0n) is 12.6. The van der Waals surface area contributed by atoms with E-state index in [-0.39, 0.29) is 5.76 Å². The Morgan fingerprint density at radius 3 is 2.62 bits per heavy atom. The molecule has 1 aliphatic heterocycles. The summed E-state index contributed by atoms with van der Waals surface area (Å²) in [5.41, 5.74) is 3.67. The minimum absolute atomic E-state index is 0.0585. The Labute approximate surface area is 124 Å². The summed E-state index contributed by atoms with van der Waals surface area (Å²) in [7, 11) is 0. The number of nitrogens with zero attached hydrogens (tertiary/aromatic N) is 1. The first-order chi connectivity index (χ1) is 10.1. The molecule has 1 aromatic carbocycles. The van der Waals surface area contributed by atoms with Crippen molar-refractivity contribution in [3.8, 4) is 0 Å². The molecule has 4 nitrogen and oxygen atoms in total. The standard InChI is InChI=1S/C17H21NO3/c1-11-8-13(10-18-6-4-3-5-7-18)9-14-12(2)16(17(19)20)21-15(11)14/h8-9H,3-7,10H2,1-2H3,(H,19,20). The van der Waals surface area contributed by atoms with Gasteiger partial charge in [-0.25, -0.2) is 4.79 Å². The van der Waals surface area contributed by atoms with Gasteiger partial charge in [-0.05, 0) is 57.0 Å². The summed E-state index contributed by atoms with van der Waals surface area (Å²) >= 11 is 0. The average molecular weight is 287 g/mol. The minimum Gasteiger partial charge on any atom is -0.475 e. The van der Waals surface area contributed by atoms with Crippen molar-refractivity contribution in [3.63, 3.8) is 0 Å². The number of hydrogen-bond donors (Lipinski definition) is 1. The Balaban J connectivity index is 1.97. The summed E-state index contributed by atoms with van der Waals surface area (Å²) in [6.45, 7) is 7.05. The molecule has 0 aliphatic carbocycles. The van der Waals surface area contributed by atoms with Crippen molar-refractivity contribution in [3.05, 3.63) is 34.6 Å². The van der Waals surface area contributed by atoms with Gasteiger partial charge < -0.3 is 9.52 Å². The Bertz CT molecular complexity index is 681. The van der Waals surface area contributed by atoms with E-state index in [9.17, 15) is 9.90 Å². The van der Waals surface area contributed by atoms with E-state index in [4.69, 9.17) is 4.42 Å². The molecule has 1 fully saturated rings. The van der Waals surface area contributed by atoms with Crippen LogP contribution < -0.4 is 0 Å². The van der Waals surface area contributed by atoms with Crippen LogP contribution in [0.5, 0.6) is 0 Å². The number of benzene rings is 1. The Kier molecular flexibility index (Phi) is 3.72. The third-order valence-corrected chi connectivity index (χ3v) is 4.33. The van der Waals surface area contributed by atoms with E-state index in [1.165, 1.54) is 24.8 Å². The Morgan fingerprint density at radius 2 is 1.95 bits per heavy atom. The van der Waals surface area contributed by atoms with E-state index in [1.54, 1.807) is 0 Å². The average Bonchev–Trinajstić information content (AvgIpc) is 2.78. The second-order valence-electron chi connectivity index (χ2n) is 5.99. The highest BCUT2D eigenvalue weighted by Crippen LogP contribution is 2.30. The lowest BCUT2D eigenvalue weighted by Crippen LogP contribution is -2.29. The molecule has 0 amide bonds. The molecule has 21 heavy (non-hydrogen) atoms. The quantitative estimate of drug-likeness (QED) is 0.934. The van der Waals surface area contributed by atoms with Gasteiger partial charge in [0, 0.05) is 17.5 Å². The third kappa shape index (κ3) is 2.68. The van der Waals surface area contributed by atoms with Gasteiger partial charge in [-0.15, -0.1) is 0 Å². The smallest absolute Gasteiger partial charge is 0.372 e. The van der Waals surface area contributed by atoms with E-state index < -0.39 is 5.97 Å². The summed E-state index contributed by atoms with van der Waals surface area (Å²) in [5, 5.41) is 10.1. The van der Waals surface area contributed by atoms with Crippen molar-refractivity contribution in [2.75, 3.05) is 13.1 Å². The molecule has 0 radical (unpaired) electrons. The highest BCUT2D eigenvalue weighted by Gasteiger charge is 2.19. The number of aryl methyl sites for hydroxylation is 2. The molecule has 112 valence electrons. The monoisotopic (exact) mass is 287 g/mol. The number of fused-ring (bicyclic) bond motifs is 1. The number of carboxylic acids is 1. The number of hydrogen-bond acceptors (Lipinski definition) is 3. The lowest BCUT2D eigenvalue weighted by atomic mass is 10.0. The number of furan rings is 1. The molecule has 2 heterocycles. The summed E-state index contributed by atoms with van der Waals surface area (Å²) in [4.78, 5) is 13.7. The first kappa shape index (κ1) is 14.1. The van der Waals surface area contributed by atoms with E-state index in [1.807, 2.05) is 13.8 Å². The van der Waals surface area contributed by atoms with Crippen LogP contribution in [0.25, 0.3) is 11.0 Å². The second kappa shape index (κ2) is 5.53. The van der Waals surface area contributed by atoms with Gasteiger partial charge in [0.05, 0.1) is 0 Å². The number of carboxylic acid groups (broad SMARTS) is 1. The molecule has 1 aliphatic rings. The Morgan fingerprint density at radius 1 is 1.24 bits per heavy atom. The summed E-state index contributed by atoms with van der Waals surface area (Å²) < 4.78 is 5.52. The SMILES string of the molecule is Cc1c(C(=O)O)oc2c(C)cc(CN3CCCCC3)cc12. The molecular weight excluding hydrogens is 266 g/mol. The van der Waals surface area contributed by atoms with Gasteiger partial charge in [-0.2, -0.15) is 0 Å². The molecule has 4 heteroatoms. The number of piperidine rings is 1. The second-order valence-corrected chi connectivity index (χ2v) is 5.99. The molecule has 0 saturated carbocycles. The van der Waals surface area contributed by atoms with Crippen molar-refractivity contribution in [2.24, 2.45) is 0 Å². The van der Waals surface area contributed by atoms with Crippen molar-refractivity contribution in [1.82, 2.24) is 4.90 Å². The molecular formula is C17H21NO3. The molecule has 0 unspecified atom stereocenters. The fraction of sp³-hybridized carbons (Fsp3) is 0.471. The predicted octanol–water partition coefficient (Wildman–Crippen LogP) is 3.73. The van der Waals surface area contributed by atoms with Crippen LogP contribution in [0.1, 0.15) is 46.5 Å². The number of carbonyl (C=O) groups is 1. The molecule has 1 saturated heterocycles. The number of rotatable bonds is 3. The highest BCUT2D eigenvalue weighted by molar-refractivity contribution is 5.96. The highest BCUT2D eigenvalue weighted by atomic mass is 16.4. The fourth-order valence-corrected chi connectivity index (χ4v) is 3.23. The zero-order chi connectivity index (χ0) is 15.0. The molecule has 0 bridgehead atoms. The van der Waals surface area contributed by atoms with Crippen LogP contribution in [0.4, 0.5) is 0 Å². The molecule has 1 aromatic heterocycles. The predicted molar refractivity (Wildman–Crippen MR) is 81.8 cm³/mol. The number of aromatic carboxylic acids is 1. The Hall–Kier alpha value is -1.81. The zero-order valence-corrected chi connectivity index (χ0v) is 12.6. The molecule has 0 spiro atoms. The van der Waals surface area contributed by atoms with E-state index >= 15 is 0 Å². The van der Waals surface area contributed by atoms with Crippen molar-refractivity contribution in [2.45, 2.75) is 39.7 Å². The van der Waals surface area contributed by atoms with Crippen LogP contribution in [-0.2, 0) is 6.54 Å². The molecule has 2 aromatic rings. The van der Waals surface area contributed by atoms with Crippen LogP contribution in [0.3, 0.4) is 0 Å². The van der Waals surface area contributed by atoms with Gasteiger partial charge >= 0.3 is 5.97 Å². The largest absolute Gasteiger partial charge is 0.475 e. The van der Waals surface area contributed by atoms with Crippen LogP contribution in [0.2, 0.25) is 0 Å². The minimum atomic E-state index is -0.999. The summed E-state index contributed by atoms with van der Waals surface area (Å²) in [6.07, 6.45) is 3.88. The lowest BCUT2D eigenvalue weighted by molar-refractivity contribution is 0.0664. The van der Waals surface area contributed by atoms with E-state index in [0.717, 1.165) is 36.1 Å².